The standard InChI is InChI=1S/C13H22O/c14-13(6-2-1-3-7-13)12-8-4-11(10-12)5-9-12/h11,14H,1-10H2. The smallest absolute Gasteiger partial charge is 0.0703 e. The molecule has 0 amide bonds. The Balaban J connectivity index is 1.85. The quantitative estimate of drug-likeness (QED) is 0.679. The third kappa shape index (κ3) is 1.11. The van der Waals surface area contributed by atoms with Crippen molar-refractivity contribution in [3.63, 3.8) is 0 Å². The molecule has 1 heteroatoms. The predicted octanol–water partition coefficient (Wildman–Crippen LogP) is 3.26. The number of rotatable bonds is 1. The van der Waals surface area contributed by atoms with Crippen molar-refractivity contribution in [2.24, 2.45) is 11.3 Å². The van der Waals surface area contributed by atoms with E-state index in [0.717, 1.165) is 18.8 Å². The molecule has 0 unspecified atom stereocenters. The molecule has 0 saturated heterocycles. The van der Waals surface area contributed by atoms with Crippen molar-refractivity contribution in [1.82, 2.24) is 0 Å². The van der Waals surface area contributed by atoms with Crippen LogP contribution in [-0.2, 0) is 0 Å². The molecule has 3 aliphatic carbocycles. The third-order valence-electron chi connectivity index (χ3n) is 5.41. The second kappa shape index (κ2) is 2.98. The van der Waals surface area contributed by atoms with Gasteiger partial charge in [-0.05, 0) is 56.3 Å². The number of aliphatic hydroxyl groups is 1. The molecule has 14 heavy (non-hydrogen) atoms. The zero-order valence-corrected chi connectivity index (χ0v) is 9.10. The summed E-state index contributed by atoms with van der Waals surface area (Å²) in [5, 5.41) is 10.8. The minimum Gasteiger partial charge on any atom is -0.389 e. The van der Waals surface area contributed by atoms with Crippen LogP contribution in [0.5, 0.6) is 0 Å². The molecular formula is C13H22O. The molecule has 0 aromatic heterocycles. The molecular weight excluding hydrogens is 172 g/mol. The van der Waals surface area contributed by atoms with E-state index in [0.29, 0.717) is 5.41 Å². The van der Waals surface area contributed by atoms with Gasteiger partial charge in [0.1, 0.15) is 0 Å². The highest BCUT2D eigenvalue weighted by atomic mass is 16.3. The van der Waals surface area contributed by atoms with Crippen LogP contribution in [0.3, 0.4) is 0 Å². The van der Waals surface area contributed by atoms with Gasteiger partial charge < -0.3 is 5.11 Å². The normalized spacial score (nSPS) is 45.6. The topological polar surface area (TPSA) is 20.2 Å². The molecule has 3 saturated carbocycles. The van der Waals surface area contributed by atoms with Crippen LogP contribution in [0, 0.1) is 11.3 Å². The minimum absolute atomic E-state index is 0.253. The second-order valence-electron chi connectivity index (χ2n) is 6.02. The van der Waals surface area contributed by atoms with Gasteiger partial charge in [0.05, 0.1) is 5.60 Å². The van der Waals surface area contributed by atoms with Crippen molar-refractivity contribution in [2.75, 3.05) is 0 Å². The monoisotopic (exact) mass is 194 g/mol. The van der Waals surface area contributed by atoms with Crippen molar-refractivity contribution < 1.29 is 5.11 Å². The summed E-state index contributed by atoms with van der Waals surface area (Å²) in [6.45, 7) is 0. The SMILES string of the molecule is OC1(C23CCC(CC2)C3)CCCCC1. The zero-order valence-electron chi connectivity index (χ0n) is 9.10. The van der Waals surface area contributed by atoms with E-state index >= 15 is 0 Å². The molecule has 3 rings (SSSR count). The molecule has 3 fully saturated rings. The molecule has 0 atom stereocenters. The molecule has 3 aliphatic rings. The van der Waals surface area contributed by atoms with Gasteiger partial charge in [0.15, 0.2) is 0 Å². The first-order chi connectivity index (χ1) is 6.74. The van der Waals surface area contributed by atoms with Crippen molar-refractivity contribution in [3.8, 4) is 0 Å². The molecule has 80 valence electrons. The molecule has 0 aliphatic heterocycles. The Morgan fingerprint density at radius 1 is 0.857 bits per heavy atom. The Hall–Kier alpha value is -0.0400. The second-order valence-corrected chi connectivity index (χ2v) is 6.02. The number of hydrogen-bond acceptors (Lipinski definition) is 1. The highest BCUT2D eigenvalue weighted by Gasteiger charge is 2.56. The lowest BCUT2D eigenvalue weighted by molar-refractivity contribution is -0.105. The lowest BCUT2D eigenvalue weighted by Gasteiger charge is -2.46. The van der Waals surface area contributed by atoms with E-state index in [1.165, 1.54) is 51.4 Å². The van der Waals surface area contributed by atoms with E-state index in [2.05, 4.69) is 0 Å². The lowest BCUT2D eigenvalue weighted by Crippen LogP contribution is -2.47. The Morgan fingerprint density at radius 3 is 2.00 bits per heavy atom. The van der Waals surface area contributed by atoms with E-state index in [-0.39, 0.29) is 5.60 Å². The summed E-state index contributed by atoms with van der Waals surface area (Å²) < 4.78 is 0. The third-order valence-corrected chi connectivity index (χ3v) is 5.41. The van der Waals surface area contributed by atoms with E-state index < -0.39 is 0 Å². The van der Waals surface area contributed by atoms with Crippen LogP contribution < -0.4 is 0 Å². The fraction of sp³-hybridized carbons (Fsp3) is 1.00. The van der Waals surface area contributed by atoms with Crippen molar-refractivity contribution in [1.29, 1.82) is 0 Å². The van der Waals surface area contributed by atoms with Gasteiger partial charge >= 0.3 is 0 Å². The Morgan fingerprint density at radius 2 is 1.50 bits per heavy atom. The van der Waals surface area contributed by atoms with Crippen LogP contribution in [0.2, 0.25) is 0 Å². The fourth-order valence-electron chi connectivity index (χ4n) is 4.51. The fourth-order valence-corrected chi connectivity index (χ4v) is 4.51. The molecule has 0 spiro atoms. The van der Waals surface area contributed by atoms with E-state index in [1.54, 1.807) is 0 Å². The first-order valence-electron chi connectivity index (χ1n) is 6.47. The van der Waals surface area contributed by atoms with Crippen LogP contribution >= 0.6 is 0 Å². The van der Waals surface area contributed by atoms with Crippen molar-refractivity contribution in [3.05, 3.63) is 0 Å². The highest BCUT2D eigenvalue weighted by molar-refractivity contribution is 5.08. The lowest BCUT2D eigenvalue weighted by atomic mass is 9.63. The maximum absolute atomic E-state index is 10.8. The summed E-state index contributed by atoms with van der Waals surface area (Å²) in [6.07, 6.45) is 12.9. The maximum atomic E-state index is 10.8. The van der Waals surface area contributed by atoms with Gasteiger partial charge in [-0.25, -0.2) is 0 Å². The van der Waals surface area contributed by atoms with E-state index in [9.17, 15) is 5.11 Å². The summed E-state index contributed by atoms with van der Waals surface area (Å²) in [7, 11) is 0. The molecule has 0 aromatic rings. The summed E-state index contributed by atoms with van der Waals surface area (Å²) >= 11 is 0. The summed E-state index contributed by atoms with van der Waals surface area (Å²) in [5.41, 5.74) is 0.120. The van der Waals surface area contributed by atoms with Crippen molar-refractivity contribution in [2.45, 2.75) is 69.8 Å². The zero-order chi connectivity index (χ0) is 9.65. The summed E-state index contributed by atoms with van der Waals surface area (Å²) in [6, 6.07) is 0. The Bertz CT molecular complexity index is 219. The number of fused-ring (bicyclic) bond motifs is 2. The Kier molecular flexibility index (Phi) is 1.96. The van der Waals surface area contributed by atoms with Gasteiger partial charge in [-0.1, -0.05) is 19.3 Å². The molecule has 1 N–H and O–H groups in total. The summed E-state index contributed by atoms with van der Waals surface area (Å²) in [5.74, 6) is 0.973. The van der Waals surface area contributed by atoms with Crippen LogP contribution in [0.1, 0.15) is 64.2 Å². The average molecular weight is 194 g/mol. The average Bonchev–Trinajstić information content (AvgIpc) is 2.80. The molecule has 1 nitrogen and oxygen atoms in total. The predicted molar refractivity (Wildman–Crippen MR) is 57.0 cm³/mol. The highest BCUT2D eigenvalue weighted by Crippen LogP contribution is 2.62. The number of hydrogen-bond donors (Lipinski definition) is 1. The maximum Gasteiger partial charge on any atom is 0.0703 e. The van der Waals surface area contributed by atoms with Crippen LogP contribution in [0.4, 0.5) is 0 Å². The van der Waals surface area contributed by atoms with Gasteiger partial charge in [0.2, 0.25) is 0 Å². The van der Waals surface area contributed by atoms with Gasteiger partial charge in [-0.15, -0.1) is 0 Å². The van der Waals surface area contributed by atoms with Crippen LogP contribution in [0.15, 0.2) is 0 Å². The first kappa shape index (κ1) is 9.21. The van der Waals surface area contributed by atoms with Crippen LogP contribution in [-0.4, -0.2) is 10.7 Å². The molecule has 0 aromatic carbocycles. The molecule has 2 bridgehead atoms. The van der Waals surface area contributed by atoms with Crippen molar-refractivity contribution >= 4 is 0 Å². The largest absolute Gasteiger partial charge is 0.389 e. The van der Waals surface area contributed by atoms with Crippen LogP contribution in [0.25, 0.3) is 0 Å². The first-order valence-corrected chi connectivity index (χ1v) is 6.47. The van der Waals surface area contributed by atoms with Gasteiger partial charge in [0, 0.05) is 0 Å². The van der Waals surface area contributed by atoms with E-state index in [1.807, 2.05) is 0 Å². The van der Waals surface area contributed by atoms with Gasteiger partial charge in [0.25, 0.3) is 0 Å². The summed E-state index contributed by atoms with van der Waals surface area (Å²) in [4.78, 5) is 0. The Labute approximate surface area is 86.9 Å². The van der Waals surface area contributed by atoms with Gasteiger partial charge in [-0.2, -0.15) is 0 Å². The van der Waals surface area contributed by atoms with Gasteiger partial charge in [-0.3, -0.25) is 0 Å². The minimum atomic E-state index is -0.253. The molecule has 0 radical (unpaired) electrons. The van der Waals surface area contributed by atoms with E-state index in [4.69, 9.17) is 0 Å². The molecule has 0 heterocycles.